The molecule has 174 valence electrons. The Balaban J connectivity index is 2.89. The van der Waals surface area contributed by atoms with Crippen LogP contribution in [0.25, 0.3) is 0 Å². The predicted molar refractivity (Wildman–Crippen MR) is 102 cm³/mol. The fraction of sp³-hybridized carbons (Fsp3) is 0.647. The van der Waals surface area contributed by atoms with Crippen molar-refractivity contribution in [2.75, 3.05) is 13.2 Å². The number of rotatable bonds is 12. The number of aliphatic hydroxyl groups is 1. The third-order valence-electron chi connectivity index (χ3n) is 4.66. The lowest BCUT2D eigenvalue weighted by Crippen LogP contribution is -2.58. The molecule has 1 fully saturated rings. The second kappa shape index (κ2) is 11.8. The molecule has 0 aliphatic carbocycles. The lowest BCUT2D eigenvalue weighted by Gasteiger charge is -2.28. The van der Waals surface area contributed by atoms with E-state index in [9.17, 15) is 39.0 Å². The van der Waals surface area contributed by atoms with Gasteiger partial charge < -0.3 is 42.3 Å². The van der Waals surface area contributed by atoms with Crippen molar-refractivity contribution in [2.24, 2.45) is 11.5 Å². The fourth-order valence-electron chi connectivity index (χ4n) is 3.07. The molecular formula is C17H27N5O9. The van der Waals surface area contributed by atoms with Crippen LogP contribution in [0.5, 0.6) is 0 Å². The molecule has 4 amide bonds. The highest BCUT2D eigenvalue weighted by Crippen LogP contribution is 2.18. The number of likely N-dealkylation sites (tertiary alicyclic amines) is 1. The van der Waals surface area contributed by atoms with Gasteiger partial charge in [0.25, 0.3) is 0 Å². The average Bonchev–Trinajstić information content (AvgIpc) is 3.17. The molecule has 0 aromatic heterocycles. The Morgan fingerprint density at radius 3 is 2.16 bits per heavy atom. The molecule has 1 aliphatic heterocycles. The Hall–Kier alpha value is -3.26. The maximum absolute atomic E-state index is 12.6. The second-order valence-electron chi connectivity index (χ2n) is 7.04. The summed E-state index contributed by atoms with van der Waals surface area (Å²) in [5.74, 6) is -6.09. The van der Waals surface area contributed by atoms with Gasteiger partial charge in [-0.15, -0.1) is 0 Å². The third kappa shape index (κ3) is 7.82. The van der Waals surface area contributed by atoms with E-state index in [4.69, 9.17) is 16.6 Å². The predicted octanol–water partition coefficient (Wildman–Crippen LogP) is -3.91. The van der Waals surface area contributed by atoms with E-state index in [1.54, 1.807) is 0 Å². The van der Waals surface area contributed by atoms with E-state index in [0.717, 1.165) is 4.90 Å². The van der Waals surface area contributed by atoms with Crippen molar-refractivity contribution in [2.45, 2.75) is 56.3 Å². The number of hydrogen-bond acceptors (Lipinski definition) is 8. The SMILES string of the molecule is NC(=O)CC(N)C(=O)NC(CCC(=O)O)C(=O)NC(CO)C(=O)N1CCCC1C(=O)O. The first-order valence-corrected chi connectivity index (χ1v) is 9.48. The van der Waals surface area contributed by atoms with Gasteiger partial charge in [-0.05, 0) is 19.3 Å². The highest BCUT2D eigenvalue weighted by molar-refractivity contribution is 5.95. The van der Waals surface area contributed by atoms with Crippen molar-refractivity contribution in [3.63, 3.8) is 0 Å². The molecule has 0 spiro atoms. The molecule has 4 atom stereocenters. The first-order valence-electron chi connectivity index (χ1n) is 9.48. The summed E-state index contributed by atoms with van der Waals surface area (Å²) < 4.78 is 0. The maximum Gasteiger partial charge on any atom is 0.326 e. The van der Waals surface area contributed by atoms with Crippen molar-refractivity contribution < 1.29 is 44.1 Å². The molecule has 0 radical (unpaired) electrons. The molecule has 14 heteroatoms. The van der Waals surface area contributed by atoms with Gasteiger partial charge in [0.2, 0.25) is 23.6 Å². The summed E-state index contributed by atoms with van der Waals surface area (Å²) >= 11 is 0. The van der Waals surface area contributed by atoms with Gasteiger partial charge in [0.15, 0.2) is 0 Å². The van der Waals surface area contributed by atoms with Gasteiger partial charge in [0.05, 0.1) is 19.1 Å². The number of primary amides is 1. The number of carboxylic acid groups (broad SMARTS) is 2. The van der Waals surface area contributed by atoms with Gasteiger partial charge in [-0.3, -0.25) is 24.0 Å². The molecule has 0 bridgehead atoms. The van der Waals surface area contributed by atoms with Crippen LogP contribution in [0.4, 0.5) is 0 Å². The van der Waals surface area contributed by atoms with Crippen LogP contribution in [0.1, 0.15) is 32.1 Å². The Morgan fingerprint density at radius 1 is 1.03 bits per heavy atom. The molecule has 4 unspecified atom stereocenters. The van der Waals surface area contributed by atoms with E-state index in [2.05, 4.69) is 10.6 Å². The normalized spacial score (nSPS) is 18.5. The van der Waals surface area contributed by atoms with Gasteiger partial charge in [-0.1, -0.05) is 0 Å². The van der Waals surface area contributed by atoms with Crippen LogP contribution in [-0.4, -0.2) is 93.1 Å². The van der Waals surface area contributed by atoms with Crippen LogP contribution in [-0.2, 0) is 28.8 Å². The quantitative estimate of drug-likeness (QED) is 0.154. The molecular weight excluding hydrogens is 418 g/mol. The minimum atomic E-state index is -1.50. The fourth-order valence-corrected chi connectivity index (χ4v) is 3.07. The van der Waals surface area contributed by atoms with Gasteiger partial charge >= 0.3 is 11.9 Å². The highest BCUT2D eigenvalue weighted by atomic mass is 16.4. The zero-order valence-electron chi connectivity index (χ0n) is 16.7. The van der Waals surface area contributed by atoms with Crippen molar-refractivity contribution in [1.29, 1.82) is 0 Å². The molecule has 1 aliphatic rings. The molecule has 0 saturated carbocycles. The van der Waals surface area contributed by atoms with Crippen LogP contribution in [0, 0.1) is 0 Å². The number of aliphatic carboxylic acids is 2. The highest BCUT2D eigenvalue weighted by Gasteiger charge is 2.38. The largest absolute Gasteiger partial charge is 0.481 e. The first kappa shape index (κ1) is 25.8. The summed E-state index contributed by atoms with van der Waals surface area (Å²) in [4.78, 5) is 71.4. The van der Waals surface area contributed by atoms with Crippen molar-refractivity contribution in [3.05, 3.63) is 0 Å². The second-order valence-corrected chi connectivity index (χ2v) is 7.04. The van der Waals surface area contributed by atoms with E-state index in [-0.39, 0.29) is 19.4 Å². The topological polar surface area (TPSA) is 242 Å². The Morgan fingerprint density at radius 2 is 1.65 bits per heavy atom. The molecule has 0 aromatic carbocycles. The lowest BCUT2D eigenvalue weighted by atomic mass is 10.1. The van der Waals surface area contributed by atoms with Crippen LogP contribution in [0.15, 0.2) is 0 Å². The number of nitrogens with zero attached hydrogens (tertiary/aromatic N) is 1. The maximum atomic E-state index is 12.6. The number of carbonyl (C=O) groups excluding carboxylic acids is 4. The van der Waals surface area contributed by atoms with Crippen LogP contribution < -0.4 is 22.1 Å². The van der Waals surface area contributed by atoms with E-state index in [0.29, 0.717) is 6.42 Å². The van der Waals surface area contributed by atoms with E-state index in [1.165, 1.54) is 0 Å². The molecule has 31 heavy (non-hydrogen) atoms. The van der Waals surface area contributed by atoms with Crippen LogP contribution in [0.3, 0.4) is 0 Å². The third-order valence-corrected chi connectivity index (χ3v) is 4.66. The molecule has 1 saturated heterocycles. The van der Waals surface area contributed by atoms with Crippen molar-refractivity contribution in [1.82, 2.24) is 15.5 Å². The van der Waals surface area contributed by atoms with E-state index in [1.807, 2.05) is 0 Å². The smallest absolute Gasteiger partial charge is 0.326 e. The number of carbonyl (C=O) groups is 6. The summed E-state index contributed by atoms with van der Waals surface area (Å²) in [5.41, 5.74) is 10.5. The zero-order valence-corrected chi connectivity index (χ0v) is 16.7. The summed E-state index contributed by atoms with van der Waals surface area (Å²) in [7, 11) is 0. The number of nitrogens with two attached hydrogens (primary N) is 2. The Labute approximate surface area is 176 Å². The number of carboxylic acids is 2. The van der Waals surface area contributed by atoms with Crippen molar-refractivity contribution in [3.8, 4) is 0 Å². The van der Waals surface area contributed by atoms with Crippen LogP contribution >= 0.6 is 0 Å². The standard InChI is InChI=1S/C17H27N5O9/c18-8(6-12(19)24)14(27)20-9(3-4-13(25)26)15(28)21-10(7-23)16(29)22-5-1-2-11(22)17(30)31/h8-11,23H,1-7,18H2,(H2,19,24)(H,20,27)(H,21,28)(H,25,26)(H,30,31). The number of amides is 4. The molecule has 9 N–H and O–H groups in total. The van der Waals surface area contributed by atoms with E-state index >= 15 is 0 Å². The zero-order chi connectivity index (χ0) is 23.7. The number of nitrogens with one attached hydrogen (secondary N) is 2. The number of aliphatic hydroxyl groups excluding tert-OH is 1. The molecule has 1 heterocycles. The summed E-state index contributed by atoms with van der Waals surface area (Å²) in [6.07, 6.45) is -0.743. The monoisotopic (exact) mass is 445 g/mol. The van der Waals surface area contributed by atoms with Gasteiger partial charge in [0, 0.05) is 13.0 Å². The lowest BCUT2D eigenvalue weighted by molar-refractivity contribution is -0.150. The number of hydrogen-bond donors (Lipinski definition) is 7. The minimum Gasteiger partial charge on any atom is -0.481 e. The summed E-state index contributed by atoms with van der Waals surface area (Å²) in [6.45, 7) is -0.725. The van der Waals surface area contributed by atoms with Gasteiger partial charge in [0.1, 0.15) is 18.1 Å². The molecule has 14 nitrogen and oxygen atoms in total. The van der Waals surface area contributed by atoms with E-state index < -0.39 is 79.2 Å². The summed E-state index contributed by atoms with van der Waals surface area (Å²) in [6, 6.07) is -5.42. The van der Waals surface area contributed by atoms with Crippen molar-refractivity contribution >= 4 is 35.6 Å². The molecule has 1 rings (SSSR count). The van der Waals surface area contributed by atoms with Gasteiger partial charge in [-0.25, -0.2) is 4.79 Å². The summed E-state index contributed by atoms with van der Waals surface area (Å²) in [5, 5.41) is 32.0. The minimum absolute atomic E-state index is 0.128. The Bertz CT molecular complexity index is 729. The van der Waals surface area contributed by atoms with Gasteiger partial charge in [-0.2, -0.15) is 0 Å². The van der Waals surface area contributed by atoms with Crippen LogP contribution in [0.2, 0.25) is 0 Å². The first-order chi connectivity index (χ1) is 14.5. The molecule has 0 aromatic rings. The Kier molecular flexibility index (Phi) is 9.82. The average molecular weight is 445 g/mol.